The van der Waals surface area contributed by atoms with E-state index in [0.29, 0.717) is 0 Å². The van der Waals surface area contributed by atoms with Gasteiger partial charge in [-0.05, 0) is 58.6 Å². The molecule has 1 aromatic rings. The van der Waals surface area contributed by atoms with Crippen molar-refractivity contribution < 1.29 is 14.0 Å². The van der Waals surface area contributed by atoms with Gasteiger partial charge in [0.25, 0.3) is 0 Å². The highest BCUT2D eigenvalue weighted by atomic mass is 16.7. The van der Waals surface area contributed by atoms with Crippen LogP contribution in [0.3, 0.4) is 0 Å². The third kappa shape index (κ3) is 3.17. The van der Waals surface area contributed by atoms with Crippen molar-refractivity contribution in [1.29, 1.82) is 0 Å². The van der Waals surface area contributed by atoms with Gasteiger partial charge < -0.3 is 14.0 Å². The molecule has 3 nitrogen and oxygen atoms in total. The summed E-state index contributed by atoms with van der Waals surface area (Å²) in [4.78, 5) is 0. The molecule has 4 heteroatoms. The van der Waals surface area contributed by atoms with E-state index in [9.17, 15) is 0 Å². The number of hydrogen-bond donors (Lipinski definition) is 0. The van der Waals surface area contributed by atoms with Crippen LogP contribution in [-0.4, -0.2) is 24.4 Å². The minimum absolute atomic E-state index is 0.00797. The number of hydrogen-bond acceptors (Lipinski definition) is 3. The smallest absolute Gasteiger partial charge is 0.486 e. The van der Waals surface area contributed by atoms with Crippen molar-refractivity contribution in [2.45, 2.75) is 58.8 Å². The zero-order valence-corrected chi connectivity index (χ0v) is 13.9. The van der Waals surface area contributed by atoms with Crippen LogP contribution in [0.1, 0.15) is 40.2 Å². The third-order valence-electron chi connectivity index (χ3n) is 4.37. The second-order valence-corrected chi connectivity index (χ2v) is 6.67. The third-order valence-corrected chi connectivity index (χ3v) is 4.37. The maximum Gasteiger partial charge on any atom is 0.494 e. The Hall–Kier alpha value is -1.26. The lowest BCUT2D eigenvalue weighted by molar-refractivity contribution is 0.00578. The van der Waals surface area contributed by atoms with Crippen molar-refractivity contribution in [2.75, 3.05) is 0 Å². The molecule has 0 N–H and O–H groups in total. The number of benzene rings is 1. The highest BCUT2D eigenvalue weighted by molar-refractivity contribution is 6.62. The zero-order valence-electron chi connectivity index (χ0n) is 13.9. The first-order valence-electron chi connectivity index (χ1n) is 7.42. The normalized spacial score (nSPS) is 21.1. The second-order valence-electron chi connectivity index (χ2n) is 6.67. The van der Waals surface area contributed by atoms with Crippen LogP contribution in [0.2, 0.25) is 0 Å². The lowest BCUT2D eigenvalue weighted by Gasteiger charge is -2.32. The molecule has 0 aliphatic carbocycles. The van der Waals surface area contributed by atoms with Crippen molar-refractivity contribution in [3.63, 3.8) is 0 Å². The Morgan fingerprint density at radius 2 is 1.76 bits per heavy atom. The molecule has 0 saturated carbocycles. The molecule has 0 spiro atoms. The first-order chi connectivity index (χ1) is 9.66. The summed E-state index contributed by atoms with van der Waals surface area (Å²) in [6.07, 6.45) is 1.77. The molecule has 1 saturated heterocycles. The molecule has 1 aromatic carbocycles. The predicted molar refractivity (Wildman–Crippen MR) is 87.2 cm³/mol. The Kier molecular flexibility index (Phi) is 4.23. The summed E-state index contributed by atoms with van der Waals surface area (Å²) in [6, 6.07) is 6.03. The lowest BCUT2D eigenvalue weighted by Crippen LogP contribution is -2.41. The Morgan fingerprint density at radius 3 is 2.24 bits per heavy atom. The molecule has 1 aliphatic rings. The summed E-state index contributed by atoms with van der Waals surface area (Å²) in [6.45, 7) is 16.0. The predicted octanol–water partition coefficient (Wildman–Crippen LogP) is 3.25. The van der Waals surface area contributed by atoms with Crippen LogP contribution in [0.4, 0.5) is 0 Å². The minimum Gasteiger partial charge on any atom is -0.486 e. The average Bonchev–Trinajstić information content (AvgIpc) is 2.60. The quantitative estimate of drug-likeness (QED) is 0.629. The van der Waals surface area contributed by atoms with E-state index in [1.165, 1.54) is 0 Å². The van der Waals surface area contributed by atoms with Gasteiger partial charge in [-0.15, -0.1) is 0 Å². The van der Waals surface area contributed by atoms with Crippen LogP contribution in [0.15, 0.2) is 30.9 Å². The number of rotatable bonds is 4. The molecule has 0 amide bonds. The summed E-state index contributed by atoms with van der Waals surface area (Å²) in [5.41, 5.74) is 1.44. The minimum atomic E-state index is -0.334. The standard InChI is InChI=1S/C17H25BO3/c1-8-13(3)19-15-10-9-14(11-12(15)2)18-20-16(4,5)17(6,7)21-18/h8-11,13H,1H2,2-7H3. The molecule has 1 aliphatic heterocycles. The summed E-state index contributed by atoms with van der Waals surface area (Å²) in [5, 5.41) is 0. The van der Waals surface area contributed by atoms with Gasteiger partial charge in [-0.25, -0.2) is 0 Å². The fourth-order valence-electron chi connectivity index (χ4n) is 2.18. The maximum absolute atomic E-state index is 6.07. The highest BCUT2D eigenvalue weighted by Gasteiger charge is 2.51. The summed E-state index contributed by atoms with van der Waals surface area (Å²) >= 11 is 0. The first kappa shape index (κ1) is 16.1. The van der Waals surface area contributed by atoms with E-state index in [2.05, 4.69) is 40.3 Å². The van der Waals surface area contributed by atoms with Crippen molar-refractivity contribution in [1.82, 2.24) is 0 Å². The van der Waals surface area contributed by atoms with Crippen molar-refractivity contribution in [3.05, 3.63) is 36.4 Å². The van der Waals surface area contributed by atoms with E-state index in [1.807, 2.05) is 26.0 Å². The zero-order chi connectivity index (χ0) is 15.8. The largest absolute Gasteiger partial charge is 0.494 e. The number of aryl methyl sites for hydroxylation is 1. The highest BCUT2D eigenvalue weighted by Crippen LogP contribution is 2.36. The molecular weight excluding hydrogens is 263 g/mol. The molecule has 1 fully saturated rings. The average molecular weight is 288 g/mol. The maximum atomic E-state index is 6.07. The van der Waals surface area contributed by atoms with Gasteiger partial charge in [-0.2, -0.15) is 0 Å². The van der Waals surface area contributed by atoms with E-state index in [0.717, 1.165) is 16.8 Å². The molecule has 1 atom stereocenters. The SMILES string of the molecule is C=CC(C)Oc1ccc(B2OC(C)(C)C(C)(C)O2)cc1C. The molecule has 0 aromatic heterocycles. The molecule has 21 heavy (non-hydrogen) atoms. The van der Waals surface area contributed by atoms with E-state index in [4.69, 9.17) is 14.0 Å². The summed E-state index contributed by atoms with van der Waals surface area (Å²) in [7, 11) is -0.334. The first-order valence-corrected chi connectivity index (χ1v) is 7.42. The molecule has 0 radical (unpaired) electrons. The van der Waals surface area contributed by atoms with Crippen molar-refractivity contribution >= 4 is 12.6 Å². The summed E-state index contributed by atoms with van der Waals surface area (Å²) in [5.74, 6) is 0.864. The van der Waals surface area contributed by atoms with Gasteiger partial charge in [-0.3, -0.25) is 0 Å². The molecule has 114 valence electrons. The van der Waals surface area contributed by atoms with Gasteiger partial charge >= 0.3 is 7.12 Å². The monoisotopic (exact) mass is 288 g/mol. The van der Waals surface area contributed by atoms with Crippen molar-refractivity contribution in [3.8, 4) is 5.75 Å². The Labute approximate surface area is 128 Å². The fourth-order valence-corrected chi connectivity index (χ4v) is 2.18. The van der Waals surface area contributed by atoms with Crippen LogP contribution < -0.4 is 10.2 Å². The fraction of sp³-hybridized carbons (Fsp3) is 0.529. The second kappa shape index (κ2) is 5.50. The van der Waals surface area contributed by atoms with Gasteiger partial charge in [-0.1, -0.05) is 24.8 Å². The van der Waals surface area contributed by atoms with Gasteiger partial charge in [0.1, 0.15) is 11.9 Å². The lowest BCUT2D eigenvalue weighted by atomic mass is 9.78. The molecule has 1 unspecified atom stereocenters. The Bertz CT molecular complexity index is 521. The summed E-state index contributed by atoms with van der Waals surface area (Å²) < 4.78 is 17.9. The topological polar surface area (TPSA) is 27.7 Å². The van der Waals surface area contributed by atoms with E-state index in [1.54, 1.807) is 6.08 Å². The molecular formula is C17H25BO3. The van der Waals surface area contributed by atoms with Crippen LogP contribution in [-0.2, 0) is 9.31 Å². The Balaban J connectivity index is 2.20. The van der Waals surface area contributed by atoms with Crippen LogP contribution >= 0.6 is 0 Å². The van der Waals surface area contributed by atoms with Crippen LogP contribution in [0, 0.1) is 6.92 Å². The molecule has 0 bridgehead atoms. The van der Waals surface area contributed by atoms with Crippen LogP contribution in [0.25, 0.3) is 0 Å². The van der Waals surface area contributed by atoms with E-state index >= 15 is 0 Å². The van der Waals surface area contributed by atoms with Gasteiger partial charge in [0.2, 0.25) is 0 Å². The molecule has 1 heterocycles. The van der Waals surface area contributed by atoms with E-state index in [-0.39, 0.29) is 24.4 Å². The molecule has 2 rings (SSSR count). The Morgan fingerprint density at radius 1 is 1.19 bits per heavy atom. The van der Waals surface area contributed by atoms with Crippen LogP contribution in [0.5, 0.6) is 5.75 Å². The van der Waals surface area contributed by atoms with E-state index < -0.39 is 0 Å². The number of ether oxygens (including phenoxy) is 1. The van der Waals surface area contributed by atoms with Gasteiger partial charge in [0.05, 0.1) is 11.2 Å². The van der Waals surface area contributed by atoms with Crippen molar-refractivity contribution in [2.24, 2.45) is 0 Å². The van der Waals surface area contributed by atoms with Gasteiger partial charge in [0, 0.05) is 0 Å². The van der Waals surface area contributed by atoms with Gasteiger partial charge in [0.15, 0.2) is 0 Å².